The average Bonchev–Trinajstić information content (AvgIpc) is 1.77. The second-order valence-electron chi connectivity index (χ2n) is 1.12. The van der Waals surface area contributed by atoms with E-state index >= 15 is 0 Å². The predicted octanol–water partition coefficient (Wildman–Crippen LogP) is 2.05. The third-order valence-corrected chi connectivity index (χ3v) is 0. The zero-order valence-electron chi connectivity index (χ0n) is 12.0. The largest absolute Gasteiger partial charge is 0.0604 e. The fourth-order valence-corrected chi connectivity index (χ4v) is 0. The summed E-state index contributed by atoms with van der Waals surface area (Å²) in [6.45, 7) is -8.41. The molecule has 0 aliphatic heterocycles. The third kappa shape index (κ3) is 0. The molecule has 0 heterocycles. The zero-order chi connectivity index (χ0) is 12.0. The van der Waals surface area contributed by atoms with Crippen molar-refractivity contribution >= 4 is 0 Å². The van der Waals surface area contributed by atoms with Crippen LogP contribution < -0.4 is 0 Å². The monoisotopic (exact) mass is 81.2 g/mol. The van der Waals surface area contributed by atoms with Gasteiger partial charge in [-0.25, -0.2) is 0 Å². The van der Waals surface area contributed by atoms with Crippen LogP contribution in [-0.4, -0.2) is 0 Å². The molecule has 0 rings (SSSR count). The van der Waals surface area contributed by atoms with Crippen LogP contribution in [0.3, 0.4) is 0 Å². The SMILES string of the molecule is [2H]C([2H])([2H])C(C)(C([2H])([2H])[2H])C([2H])([2H])[2H]. The van der Waals surface area contributed by atoms with Crippen molar-refractivity contribution in [2.45, 2.75) is 27.5 Å². The summed E-state index contributed by atoms with van der Waals surface area (Å²) in [5, 5.41) is 0. The van der Waals surface area contributed by atoms with Gasteiger partial charge in [-0.15, -0.1) is 0 Å². The Balaban J connectivity index is 5.54. The van der Waals surface area contributed by atoms with E-state index in [1.54, 1.807) is 0 Å². The van der Waals surface area contributed by atoms with Gasteiger partial charge in [0.05, 0.1) is 0 Å². The van der Waals surface area contributed by atoms with Gasteiger partial charge in [0.15, 0.2) is 0 Å². The molecule has 0 radical (unpaired) electrons. The molecule has 0 heteroatoms. The summed E-state index contributed by atoms with van der Waals surface area (Å²) in [6, 6.07) is 0. The second-order valence-corrected chi connectivity index (χ2v) is 1.12. The Labute approximate surface area is 46.8 Å². The summed E-state index contributed by atoms with van der Waals surface area (Å²) in [4.78, 5) is 0. The summed E-state index contributed by atoms with van der Waals surface area (Å²) in [6.07, 6.45) is 0. The summed E-state index contributed by atoms with van der Waals surface area (Å²) < 4.78 is 63.1. The topological polar surface area (TPSA) is 0 Å². The van der Waals surface area contributed by atoms with E-state index in [-0.39, 0.29) is 0 Å². The highest BCUT2D eigenvalue weighted by Crippen LogP contribution is 2.07. The van der Waals surface area contributed by atoms with E-state index in [0.29, 0.717) is 0 Å². The highest BCUT2D eigenvalue weighted by atomic mass is 14.0. The van der Waals surface area contributed by atoms with Crippen molar-refractivity contribution in [3.05, 3.63) is 0 Å². The lowest BCUT2D eigenvalue weighted by Crippen LogP contribution is -1.93. The second kappa shape index (κ2) is 1.00. The van der Waals surface area contributed by atoms with Crippen molar-refractivity contribution in [3.8, 4) is 0 Å². The van der Waals surface area contributed by atoms with Crippen LogP contribution in [0.2, 0.25) is 0 Å². The standard InChI is InChI=1S/C5H12/c1-5(2,3)4/h1-4H3/i1D3,2D3,3D3. The predicted molar refractivity (Wildman–Crippen MR) is 25.1 cm³/mol. The van der Waals surface area contributed by atoms with Crippen LogP contribution in [0.1, 0.15) is 39.8 Å². The lowest BCUT2D eigenvalue weighted by atomic mass is 10.0. The first kappa shape index (κ1) is 0.473. The minimum absolute atomic E-state index is 0.750. The maximum absolute atomic E-state index is 7.01. The molecule has 0 saturated carbocycles. The summed E-state index contributed by atoms with van der Waals surface area (Å²) in [5.74, 6) is 0. The molecule has 0 aliphatic rings. The zero-order valence-corrected chi connectivity index (χ0v) is 3.00. The van der Waals surface area contributed by atoms with Gasteiger partial charge >= 0.3 is 0 Å². The van der Waals surface area contributed by atoms with Gasteiger partial charge < -0.3 is 0 Å². The first-order chi connectivity index (χ1) is 5.75. The number of hydrogen-bond acceptors (Lipinski definition) is 0. The smallest absolute Gasteiger partial charge is 0.0236 e. The Morgan fingerprint density at radius 1 is 1.40 bits per heavy atom. The van der Waals surface area contributed by atoms with Crippen molar-refractivity contribution in [1.82, 2.24) is 0 Å². The first-order valence-corrected chi connectivity index (χ1v) is 1.25. The molecule has 32 valence electrons. The van der Waals surface area contributed by atoms with Crippen LogP contribution in [-0.2, 0) is 0 Å². The summed E-state index contributed by atoms with van der Waals surface area (Å²) in [5.41, 5.74) is -2.69. The maximum atomic E-state index is 7.01. The van der Waals surface area contributed by atoms with E-state index in [2.05, 4.69) is 0 Å². The molecule has 0 atom stereocenters. The van der Waals surface area contributed by atoms with Crippen LogP contribution in [0, 0.1) is 5.41 Å². The van der Waals surface area contributed by atoms with E-state index in [1.807, 2.05) is 0 Å². The van der Waals surface area contributed by atoms with E-state index in [0.717, 1.165) is 6.92 Å². The van der Waals surface area contributed by atoms with Gasteiger partial charge in [-0.2, -0.15) is 0 Å². The highest BCUT2D eigenvalue weighted by Gasteiger charge is 1.95. The van der Waals surface area contributed by atoms with Gasteiger partial charge in [0.2, 0.25) is 0 Å². The van der Waals surface area contributed by atoms with Crippen LogP contribution in [0.4, 0.5) is 0 Å². The highest BCUT2D eigenvalue weighted by molar-refractivity contribution is 4.47. The molecule has 0 aromatic rings. The van der Waals surface area contributed by atoms with Crippen molar-refractivity contribution < 1.29 is 12.3 Å². The van der Waals surface area contributed by atoms with Crippen LogP contribution in [0.25, 0.3) is 0 Å². The summed E-state index contributed by atoms with van der Waals surface area (Å²) in [7, 11) is 0. The molecule has 0 fully saturated rings. The maximum Gasteiger partial charge on any atom is 0.0236 e. The van der Waals surface area contributed by atoms with Gasteiger partial charge in [0, 0.05) is 12.3 Å². The van der Waals surface area contributed by atoms with Crippen molar-refractivity contribution in [1.29, 1.82) is 0 Å². The molecule has 0 unspecified atom stereocenters. The first-order valence-electron chi connectivity index (χ1n) is 5.75. The van der Waals surface area contributed by atoms with Gasteiger partial charge in [-0.1, -0.05) is 27.5 Å². The minimum Gasteiger partial charge on any atom is -0.0604 e. The Morgan fingerprint density at radius 3 is 1.80 bits per heavy atom. The number of rotatable bonds is 0. The lowest BCUT2D eigenvalue weighted by Gasteiger charge is -2.05. The Hall–Kier alpha value is 0. The molecule has 0 spiro atoms. The molecule has 0 aromatic carbocycles. The molecule has 0 nitrogen and oxygen atoms in total. The molecule has 0 bridgehead atoms. The Bertz CT molecular complexity index is 167. The van der Waals surface area contributed by atoms with E-state index in [4.69, 9.17) is 12.3 Å². The molecule has 0 amide bonds. The molecular formula is C5H12. The van der Waals surface area contributed by atoms with Crippen LogP contribution in [0.15, 0.2) is 0 Å². The van der Waals surface area contributed by atoms with E-state index < -0.39 is 26.0 Å². The molecule has 0 aliphatic carbocycles. The van der Waals surface area contributed by atoms with Gasteiger partial charge in [-0.3, -0.25) is 0 Å². The molecule has 0 aromatic heterocycles. The normalized spacial score (nSPS) is 46.2. The average molecular weight is 81.2 g/mol. The Morgan fingerprint density at radius 2 is 1.80 bits per heavy atom. The quantitative estimate of drug-likeness (QED) is 0.418. The Kier molecular flexibility index (Phi) is 0.0947. The van der Waals surface area contributed by atoms with E-state index in [1.165, 1.54) is 0 Å². The van der Waals surface area contributed by atoms with Crippen molar-refractivity contribution in [2.24, 2.45) is 5.41 Å². The fraction of sp³-hybridized carbons (Fsp3) is 1.00. The molecule has 0 N–H and O–H groups in total. The van der Waals surface area contributed by atoms with Crippen molar-refractivity contribution in [3.63, 3.8) is 0 Å². The fourth-order valence-electron chi connectivity index (χ4n) is 0. The molecule has 0 saturated heterocycles. The third-order valence-electron chi connectivity index (χ3n) is 0. The van der Waals surface area contributed by atoms with Gasteiger partial charge in [-0.05, 0) is 5.41 Å². The van der Waals surface area contributed by atoms with Crippen LogP contribution >= 0.6 is 0 Å². The lowest BCUT2D eigenvalue weighted by molar-refractivity contribution is 0.469. The molecular weight excluding hydrogens is 60.1 g/mol. The van der Waals surface area contributed by atoms with Gasteiger partial charge in [0.1, 0.15) is 0 Å². The van der Waals surface area contributed by atoms with Gasteiger partial charge in [0.25, 0.3) is 0 Å². The van der Waals surface area contributed by atoms with Crippen molar-refractivity contribution in [2.75, 3.05) is 0 Å². The van der Waals surface area contributed by atoms with E-state index in [9.17, 15) is 0 Å². The molecule has 5 heavy (non-hydrogen) atoms. The van der Waals surface area contributed by atoms with Crippen LogP contribution in [0.5, 0.6) is 0 Å². The minimum atomic E-state index is -3.05. The number of hydrogen-bond donors (Lipinski definition) is 0. The summed E-state index contributed by atoms with van der Waals surface area (Å²) >= 11 is 0.